The molecule has 0 heterocycles. The second kappa shape index (κ2) is 11.3. The first kappa shape index (κ1) is 20.8. The minimum absolute atomic E-state index is 0.0171. The average molecular weight is 309 g/mol. The van der Waals surface area contributed by atoms with Crippen molar-refractivity contribution in [1.29, 1.82) is 0 Å². The van der Waals surface area contributed by atoms with Crippen molar-refractivity contribution in [2.45, 2.75) is 80.1 Å². The third-order valence-electron chi connectivity index (χ3n) is 3.94. The number of aliphatic carboxylic acids is 1. The van der Waals surface area contributed by atoms with Crippen LogP contribution in [0.25, 0.3) is 0 Å². The molecule has 0 fully saturated rings. The van der Waals surface area contributed by atoms with Gasteiger partial charge >= 0.3 is 0 Å². The number of rotatable bonds is 11. The first-order chi connectivity index (χ1) is 10.3. The van der Waals surface area contributed by atoms with E-state index in [0.717, 1.165) is 18.4 Å². The molecule has 0 spiro atoms. The number of carbonyl (C=O) groups is 1. The number of allylic oxidation sites excluding steroid dienone is 3. The summed E-state index contributed by atoms with van der Waals surface area (Å²) in [6, 6.07) is 0. The van der Waals surface area contributed by atoms with Gasteiger partial charge in [-0.3, -0.25) is 0 Å². The molecule has 0 saturated carbocycles. The molecular formula is C19H33O3-. The van der Waals surface area contributed by atoms with E-state index in [1.807, 2.05) is 20.8 Å². The first-order valence-electron chi connectivity index (χ1n) is 8.52. The molecule has 0 aliphatic rings. The van der Waals surface area contributed by atoms with Gasteiger partial charge in [-0.25, -0.2) is 0 Å². The van der Waals surface area contributed by atoms with Gasteiger partial charge < -0.3 is 14.6 Å². The summed E-state index contributed by atoms with van der Waals surface area (Å²) >= 11 is 0. The predicted molar refractivity (Wildman–Crippen MR) is 90.2 cm³/mol. The Morgan fingerprint density at radius 1 is 1.00 bits per heavy atom. The molecule has 0 atom stereocenters. The Labute approximate surface area is 136 Å². The van der Waals surface area contributed by atoms with Gasteiger partial charge in [-0.15, -0.1) is 0 Å². The largest absolute Gasteiger partial charge is 0.542 e. The number of hydrogen-bond acceptors (Lipinski definition) is 3. The molecule has 0 aliphatic carbocycles. The van der Waals surface area contributed by atoms with Gasteiger partial charge in [0.1, 0.15) is 11.7 Å². The Kier molecular flexibility index (Phi) is 10.7. The van der Waals surface area contributed by atoms with E-state index in [1.165, 1.54) is 31.3 Å². The summed E-state index contributed by atoms with van der Waals surface area (Å²) in [5, 5.41) is 11.3. The van der Waals surface area contributed by atoms with Gasteiger partial charge in [-0.2, -0.15) is 0 Å². The zero-order chi connectivity index (χ0) is 17.1. The lowest BCUT2D eigenvalue weighted by Crippen LogP contribution is -2.28. The monoisotopic (exact) mass is 309 g/mol. The van der Waals surface area contributed by atoms with Crippen LogP contribution in [0.4, 0.5) is 0 Å². The van der Waals surface area contributed by atoms with Gasteiger partial charge in [0.25, 0.3) is 0 Å². The minimum Gasteiger partial charge on any atom is -0.542 e. The van der Waals surface area contributed by atoms with Gasteiger partial charge in [-0.05, 0) is 50.7 Å². The molecule has 0 aromatic carbocycles. The van der Waals surface area contributed by atoms with Gasteiger partial charge in [0.2, 0.25) is 0 Å². The fourth-order valence-corrected chi connectivity index (χ4v) is 2.24. The summed E-state index contributed by atoms with van der Waals surface area (Å²) in [5.74, 6) is -0.962. The van der Waals surface area contributed by atoms with Crippen LogP contribution in [0.1, 0.15) is 80.1 Å². The van der Waals surface area contributed by atoms with Crippen molar-refractivity contribution in [3.8, 4) is 0 Å². The number of carbonyl (C=O) groups excluding carboxylic acids is 1. The van der Waals surface area contributed by atoms with E-state index in [4.69, 9.17) is 4.74 Å². The lowest BCUT2D eigenvalue weighted by Gasteiger charge is -2.18. The Bertz CT molecular complexity index is 403. The van der Waals surface area contributed by atoms with Crippen LogP contribution in [0.2, 0.25) is 0 Å². The van der Waals surface area contributed by atoms with E-state index in [2.05, 4.69) is 13.8 Å². The third-order valence-corrected chi connectivity index (χ3v) is 3.94. The maximum Gasteiger partial charge on any atom is 0.145 e. The van der Waals surface area contributed by atoms with Crippen LogP contribution in [0.3, 0.4) is 0 Å². The first-order valence-corrected chi connectivity index (χ1v) is 8.52. The SMILES string of the molecule is CCCCCCC/C(C)=C(C)/C(C)=C(\OCC(C)C)C(=O)[O-]. The van der Waals surface area contributed by atoms with Crippen molar-refractivity contribution in [2.75, 3.05) is 6.61 Å². The molecule has 0 aromatic rings. The summed E-state index contributed by atoms with van der Waals surface area (Å²) in [4.78, 5) is 11.3. The molecule has 3 nitrogen and oxygen atoms in total. The Balaban J connectivity index is 4.84. The van der Waals surface area contributed by atoms with E-state index in [1.54, 1.807) is 6.92 Å². The van der Waals surface area contributed by atoms with Crippen LogP contribution in [0, 0.1) is 5.92 Å². The van der Waals surface area contributed by atoms with Gasteiger partial charge in [0.05, 0.1) is 6.61 Å². The van der Waals surface area contributed by atoms with E-state index in [0.29, 0.717) is 12.2 Å². The van der Waals surface area contributed by atoms with Crippen LogP contribution in [-0.2, 0) is 9.53 Å². The highest BCUT2D eigenvalue weighted by atomic mass is 16.5. The van der Waals surface area contributed by atoms with Crippen LogP contribution in [0.15, 0.2) is 22.5 Å². The molecule has 0 unspecified atom stereocenters. The molecule has 128 valence electrons. The van der Waals surface area contributed by atoms with E-state index >= 15 is 0 Å². The lowest BCUT2D eigenvalue weighted by atomic mass is 9.98. The molecular weight excluding hydrogens is 276 g/mol. The number of carboxylic acid groups (broad SMARTS) is 1. The van der Waals surface area contributed by atoms with Crippen LogP contribution >= 0.6 is 0 Å². The number of hydrogen-bond donors (Lipinski definition) is 0. The summed E-state index contributed by atoms with van der Waals surface area (Å²) in [7, 11) is 0. The molecule has 0 radical (unpaired) electrons. The van der Waals surface area contributed by atoms with Gasteiger partial charge in [0.15, 0.2) is 0 Å². The summed E-state index contributed by atoms with van der Waals surface area (Å²) in [5.41, 5.74) is 2.94. The molecule has 3 heteroatoms. The Hall–Kier alpha value is -1.25. The molecule has 0 rings (SSSR count). The highest BCUT2D eigenvalue weighted by Gasteiger charge is 2.10. The maximum atomic E-state index is 11.3. The topological polar surface area (TPSA) is 49.4 Å². The normalized spacial score (nSPS) is 13.8. The average Bonchev–Trinajstić information content (AvgIpc) is 2.45. The Morgan fingerprint density at radius 3 is 2.09 bits per heavy atom. The fourth-order valence-electron chi connectivity index (χ4n) is 2.24. The summed E-state index contributed by atoms with van der Waals surface area (Å²) in [6.45, 7) is 12.4. The van der Waals surface area contributed by atoms with Crippen molar-refractivity contribution < 1.29 is 14.6 Å². The van der Waals surface area contributed by atoms with Crippen molar-refractivity contribution in [3.63, 3.8) is 0 Å². The van der Waals surface area contributed by atoms with Gasteiger partial charge in [0, 0.05) is 0 Å². The molecule has 22 heavy (non-hydrogen) atoms. The molecule has 0 aromatic heterocycles. The number of unbranched alkanes of at least 4 members (excludes halogenated alkanes) is 4. The van der Waals surface area contributed by atoms with E-state index in [9.17, 15) is 9.90 Å². The van der Waals surface area contributed by atoms with E-state index < -0.39 is 5.97 Å². The van der Waals surface area contributed by atoms with Crippen LogP contribution in [-0.4, -0.2) is 12.6 Å². The van der Waals surface area contributed by atoms with Crippen molar-refractivity contribution in [3.05, 3.63) is 22.5 Å². The fraction of sp³-hybridized carbons (Fsp3) is 0.737. The number of ether oxygens (including phenoxy) is 1. The number of carboxylic acids is 1. The van der Waals surface area contributed by atoms with E-state index in [-0.39, 0.29) is 11.7 Å². The zero-order valence-corrected chi connectivity index (χ0v) is 15.3. The van der Waals surface area contributed by atoms with Crippen molar-refractivity contribution >= 4 is 5.97 Å². The second-order valence-electron chi connectivity index (χ2n) is 6.52. The molecule has 0 N–H and O–H groups in total. The minimum atomic E-state index is -1.23. The quantitative estimate of drug-likeness (QED) is 0.246. The molecule has 0 amide bonds. The third kappa shape index (κ3) is 8.26. The van der Waals surface area contributed by atoms with Gasteiger partial charge in [-0.1, -0.05) is 52.0 Å². The van der Waals surface area contributed by atoms with Crippen LogP contribution < -0.4 is 5.11 Å². The summed E-state index contributed by atoms with van der Waals surface area (Å²) < 4.78 is 5.44. The zero-order valence-electron chi connectivity index (χ0n) is 15.3. The highest BCUT2D eigenvalue weighted by Crippen LogP contribution is 2.22. The van der Waals surface area contributed by atoms with Crippen molar-refractivity contribution in [2.24, 2.45) is 5.92 Å². The molecule has 0 aliphatic heterocycles. The van der Waals surface area contributed by atoms with Crippen LogP contribution in [0.5, 0.6) is 0 Å². The Morgan fingerprint density at radius 2 is 1.59 bits per heavy atom. The smallest absolute Gasteiger partial charge is 0.145 e. The lowest BCUT2D eigenvalue weighted by molar-refractivity contribution is -0.303. The standard InChI is InChI=1S/C19H34O3/c1-7-8-9-10-11-12-15(4)16(5)17(6)18(19(20)21)22-13-14(2)3/h14H,7-13H2,1-6H3,(H,20,21)/p-1/b16-15+,18-17-. The highest BCUT2D eigenvalue weighted by molar-refractivity contribution is 5.84. The van der Waals surface area contributed by atoms with Crippen molar-refractivity contribution in [1.82, 2.24) is 0 Å². The predicted octanol–water partition coefficient (Wildman–Crippen LogP) is 4.38. The summed E-state index contributed by atoms with van der Waals surface area (Å²) in [6.07, 6.45) is 7.22. The second-order valence-corrected chi connectivity index (χ2v) is 6.52. The molecule has 0 bridgehead atoms. The molecule has 0 saturated heterocycles. The maximum absolute atomic E-state index is 11.3.